The van der Waals surface area contributed by atoms with Crippen LogP contribution in [0.25, 0.3) is 6.08 Å². The normalized spacial score (nSPS) is 13.6. The van der Waals surface area contributed by atoms with E-state index in [0.29, 0.717) is 20.3 Å². The van der Waals surface area contributed by atoms with E-state index < -0.39 is 111 Å². The molecule has 5 aromatic carbocycles. The largest absolute Gasteiger partial charge is 0.501 e. The number of nitrogens with zero attached hydrogens (tertiary/aromatic N) is 11. The van der Waals surface area contributed by atoms with Crippen molar-refractivity contribution in [3.8, 4) is 34.8 Å². The number of oxime groups is 1. The minimum absolute atomic E-state index is 0.0164. The molecule has 0 saturated carbocycles. The Morgan fingerprint density at radius 2 is 0.869 bits per heavy atom. The number of aromatic hydroxyl groups is 1. The van der Waals surface area contributed by atoms with E-state index in [1.807, 2.05) is 22.6 Å². The van der Waals surface area contributed by atoms with Crippen LogP contribution < -0.4 is 56.1 Å². The van der Waals surface area contributed by atoms with Crippen LogP contribution in [0.3, 0.4) is 0 Å². The minimum Gasteiger partial charge on any atom is -0.501 e. The van der Waals surface area contributed by atoms with Gasteiger partial charge in [0.15, 0.2) is 34.4 Å². The molecule has 0 radical (unpaired) electrons. The van der Waals surface area contributed by atoms with Gasteiger partial charge in [0.1, 0.15) is 64.4 Å². The van der Waals surface area contributed by atoms with Crippen LogP contribution in [0.15, 0.2) is 143 Å². The number of hydrogen-bond acceptors (Lipinski definition) is 27. The molecule has 6 N–H and O–H groups in total. The zero-order valence-electron chi connectivity index (χ0n) is 68.2. The Morgan fingerprint density at radius 3 is 1.23 bits per heavy atom. The molecule has 2 fully saturated rings. The molecule has 2 unspecified atom stereocenters. The first-order chi connectivity index (χ1) is 58.0. The molecule has 35 nitrogen and oxygen atoms in total. The molecule has 0 bridgehead atoms. The summed E-state index contributed by atoms with van der Waals surface area (Å²) in [6.45, 7) is 15.2. The smallest absolute Gasteiger partial charge is 0.411 e. The van der Waals surface area contributed by atoms with E-state index in [2.05, 4.69) is 62.9 Å². The van der Waals surface area contributed by atoms with Crippen molar-refractivity contribution in [2.45, 2.75) is 91.0 Å². The van der Waals surface area contributed by atoms with Crippen LogP contribution in [0.2, 0.25) is 0 Å². The Bertz CT molecular complexity index is 5410. The molecule has 646 valence electrons. The Labute approximate surface area is 709 Å². The highest BCUT2D eigenvalue weighted by Gasteiger charge is 2.39. The van der Waals surface area contributed by atoms with E-state index in [0.717, 1.165) is 20.9 Å². The number of rotatable bonds is 22. The van der Waals surface area contributed by atoms with Crippen LogP contribution in [0.4, 0.5) is 27.2 Å². The molecular weight excluding hydrogens is 1720 g/mol. The van der Waals surface area contributed by atoms with Crippen LogP contribution in [-0.2, 0) is 59.2 Å². The number of methoxy groups -OCH3 is 4. The zero-order chi connectivity index (χ0) is 89.3. The molecule has 6 heterocycles. The molecule has 4 aromatic heterocycles. The summed E-state index contributed by atoms with van der Waals surface area (Å²) in [6, 6.07) is 27.4. The molecule has 11 rings (SSSR count). The fourth-order valence-electron chi connectivity index (χ4n) is 11.2. The van der Waals surface area contributed by atoms with E-state index >= 15 is 0 Å². The van der Waals surface area contributed by atoms with Crippen LogP contribution in [0.1, 0.15) is 151 Å². The number of aromatic nitrogens is 8. The van der Waals surface area contributed by atoms with Crippen molar-refractivity contribution in [3.05, 3.63) is 249 Å². The van der Waals surface area contributed by atoms with Crippen molar-refractivity contribution >= 4 is 76.7 Å². The molecule has 40 heteroatoms. The highest BCUT2D eigenvalue weighted by atomic mass is 127. The number of morpholine rings is 2. The number of ether oxygens (including phenoxy) is 9. The number of esters is 1. The quantitative estimate of drug-likeness (QED) is 0.00918. The maximum Gasteiger partial charge on any atom is 0.411 e. The van der Waals surface area contributed by atoms with Crippen molar-refractivity contribution in [2.24, 2.45) is 19.3 Å². The van der Waals surface area contributed by atoms with Gasteiger partial charge in [0, 0.05) is 56.9 Å². The van der Waals surface area contributed by atoms with Gasteiger partial charge in [-0.05, 0) is 153 Å². The highest BCUT2D eigenvalue weighted by Crippen LogP contribution is 2.32. The first-order valence-corrected chi connectivity index (χ1v) is 38.0. The average molecular weight is 1810 g/mol. The molecule has 2 atom stereocenters. The summed E-state index contributed by atoms with van der Waals surface area (Å²) < 4.78 is 103. The number of carbonyl (C=O) groups excluding carboxylic acids is 7. The fourth-order valence-corrected chi connectivity index (χ4v) is 11.8. The van der Waals surface area contributed by atoms with Crippen molar-refractivity contribution < 1.29 is 104 Å². The van der Waals surface area contributed by atoms with Gasteiger partial charge in [0.05, 0.1) is 60.4 Å². The first-order valence-electron chi connectivity index (χ1n) is 36.9. The van der Waals surface area contributed by atoms with E-state index in [4.69, 9.17) is 47.8 Å². The number of nitrogens with one attached hydrogen (secondary N) is 4. The lowest BCUT2D eigenvalue weighted by Crippen LogP contribution is -2.48. The molecule has 2 aliphatic rings. The Balaban J connectivity index is 0.000000208. The monoisotopic (exact) mass is 1810 g/mol. The lowest BCUT2D eigenvalue weighted by atomic mass is 10.2. The van der Waals surface area contributed by atoms with Gasteiger partial charge in [-0.2, -0.15) is 9.97 Å². The summed E-state index contributed by atoms with van der Waals surface area (Å²) in [5, 5.41) is 32.2. The molecule has 2 aliphatic heterocycles. The second kappa shape index (κ2) is 43.5. The summed E-state index contributed by atoms with van der Waals surface area (Å²) in [6.07, 6.45) is 1.11. The molecule has 0 aliphatic carbocycles. The molecule has 6 amide bonds. The second-order valence-electron chi connectivity index (χ2n) is 28.1. The Morgan fingerprint density at radius 1 is 0.516 bits per heavy atom. The van der Waals surface area contributed by atoms with Gasteiger partial charge in [0.25, 0.3) is 46.5 Å². The number of hydrogen-bond donors (Lipinski definition) is 6. The van der Waals surface area contributed by atoms with Crippen LogP contribution in [0.5, 0.6) is 34.8 Å². The highest BCUT2D eigenvalue weighted by molar-refractivity contribution is 14.1. The summed E-state index contributed by atoms with van der Waals surface area (Å²) in [5.74, 6) is -5.76. The Hall–Kier alpha value is -13.5. The van der Waals surface area contributed by atoms with Gasteiger partial charge < -0.3 is 74.2 Å². The predicted molar refractivity (Wildman–Crippen MR) is 438 cm³/mol. The summed E-state index contributed by atoms with van der Waals surface area (Å²) >= 11 is 1.96. The predicted octanol–water partition coefficient (Wildman–Crippen LogP) is 9.42. The molecule has 9 aromatic rings. The lowest BCUT2D eigenvalue weighted by molar-refractivity contribution is -0.0363. The maximum absolute atomic E-state index is 13.7. The van der Waals surface area contributed by atoms with Crippen LogP contribution >= 0.6 is 22.6 Å². The second-order valence-corrected chi connectivity index (χ2v) is 29.2. The van der Waals surface area contributed by atoms with Crippen molar-refractivity contribution in [1.29, 1.82) is 0 Å². The summed E-state index contributed by atoms with van der Waals surface area (Å²) in [4.78, 5) is 144. The molecule has 122 heavy (non-hydrogen) atoms. The molecular formula is C82H88F4IN15O20. The number of halogens is 5. The third-order valence-electron chi connectivity index (χ3n) is 17.2. The van der Waals surface area contributed by atoms with Crippen LogP contribution in [0, 0.1) is 26.8 Å². The SMILES string of the molecule is C=Cc1nc(OC)c(OC)c(C(=O)NCc2ccc(F)cc2)n1.COc1nc(/C=N/O)nc(C(=O)NCc2ccc(F)cc2)c1OC.Cn1c(C2COCCN2C(=O)OC(C)(C)C)nc(C(=O)NCc2ccc(F)cc2)c(O)c1=O.Cn1c(C2COCCN2C(=O)OC(C)(C)C)nc(C(=O)NCc2ccc(F)cc2)c(OC(=O)c2ccccc2I)c1=O. The van der Waals surface area contributed by atoms with Crippen molar-refractivity contribution in [1.82, 2.24) is 70.1 Å². The van der Waals surface area contributed by atoms with Crippen molar-refractivity contribution in [3.63, 3.8) is 0 Å². The van der Waals surface area contributed by atoms with Gasteiger partial charge in [-0.25, -0.2) is 51.9 Å². The Kier molecular flexibility index (Phi) is 33.5. The molecule has 0 spiro atoms. The van der Waals surface area contributed by atoms with Gasteiger partial charge >= 0.3 is 18.2 Å². The van der Waals surface area contributed by atoms with Crippen molar-refractivity contribution in [2.75, 3.05) is 68.0 Å². The third kappa shape index (κ3) is 25.8. The van der Waals surface area contributed by atoms with Gasteiger partial charge in [-0.3, -0.25) is 47.7 Å². The van der Waals surface area contributed by atoms with Crippen LogP contribution in [-0.4, -0.2) is 186 Å². The summed E-state index contributed by atoms with van der Waals surface area (Å²) in [5.41, 5.74) is -1.30. The fraction of sp³-hybridized carbons (Fsp3) is 0.317. The average Bonchev–Trinajstić information content (AvgIpc) is 0.775. The molecule has 2 saturated heterocycles. The topological polar surface area (TPSA) is 431 Å². The van der Waals surface area contributed by atoms with Gasteiger partial charge in [-0.15, -0.1) is 0 Å². The van der Waals surface area contributed by atoms with E-state index in [-0.39, 0.29) is 141 Å². The zero-order valence-corrected chi connectivity index (χ0v) is 70.3. The number of carbonyl (C=O) groups is 7. The van der Waals surface area contributed by atoms with Gasteiger partial charge in [0.2, 0.25) is 23.0 Å². The number of amides is 6. The first kappa shape index (κ1) is 94.0. The number of benzene rings is 5. The van der Waals surface area contributed by atoms with E-state index in [1.54, 1.807) is 84.0 Å². The van der Waals surface area contributed by atoms with E-state index in [1.165, 1.54) is 137 Å². The van der Waals surface area contributed by atoms with E-state index in [9.17, 15) is 65.8 Å². The summed E-state index contributed by atoms with van der Waals surface area (Å²) in [7, 11) is 8.29. The van der Waals surface area contributed by atoms with Gasteiger partial charge in [-0.1, -0.05) is 72.4 Å². The standard InChI is InChI=1S/C29H30FIN4O7.C22H27FN4O6.C16H16FN3O3.C15H15FN4O4/c1-29(2,3)42-28(39)35-13-14-40-16-21(35)24-33-22(25(36)32-15-17-9-11-18(30)12-10-17)23(26(37)34(24)4)41-27(38)19-7-5-6-8-20(19)31;1-22(2,3)33-21(31)27-9-10-32-12-15(27)18-25-16(17(28)20(30)26(18)4)19(29)24-11-13-5-7-14(23)8-6-13;1-4-12-19-13(14(22-2)16(20-12)23-3)15(21)18-9-10-5-7-11(17)8-6-10;1-23-13-12(19-11(8-18-22)20-15(13)24-2)14(21)17-7-9-3-5-10(16)6-4-9/h5-12,21H,13-16H2,1-4H3,(H,32,36);5-8,15,28H,9-12H2,1-4H3,(H,24,29);4-8H,1,9H2,2-3H3,(H,18,21);3-6,8,22H,7H2,1-2H3,(H,17,21)/b;;;18-8+. The third-order valence-corrected chi connectivity index (χ3v) is 18.1. The minimum atomic E-state index is -0.880. The maximum atomic E-state index is 13.7. The lowest BCUT2D eigenvalue weighted by Gasteiger charge is -2.36.